The number of nitrogens with one attached hydrogen (secondary N) is 2. The molecule has 4 rings (SSSR count). The highest BCUT2D eigenvalue weighted by atomic mass is 32.2. The summed E-state index contributed by atoms with van der Waals surface area (Å²) < 4.78 is 22.8. The quantitative estimate of drug-likeness (QED) is 0.297. The van der Waals surface area contributed by atoms with E-state index in [0.717, 1.165) is 11.1 Å². The van der Waals surface area contributed by atoms with Crippen molar-refractivity contribution in [3.63, 3.8) is 0 Å². The Labute approximate surface area is 203 Å². The van der Waals surface area contributed by atoms with Gasteiger partial charge >= 0.3 is 0 Å². The van der Waals surface area contributed by atoms with Gasteiger partial charge in [0.2, 0.25) is 21.9 Å². The molecule has 1 amide bonds. The Hall–Kier alpha value is -4.12. The molecule has 1 unspecified atom stereocenters. The van der Waals surface area contributed by atoms with E-state index >= 15 is 0 Å². The van der Waals surface area contributed by atoms with E-state index in [2.05, 4.69) is 20.6 Å². The summed E-state index contributed by atoms with van der Waals surface area (Å²) in [4.78, 5) is 21.2. The number of carbonyl (C=O) groups excluding carboxylic acids is 1. The maximum absolute atomic E-state index is 12.5. The molecule has 1 atom stereocenters. The fraction of sp³-hybridized carbons (Fsp3) is 0.0800. The van der Waals surface area contributed by atoms with E-state index in [0.29, 0.717) is 29.4 Å². The molecule has 4 aromatic rings. The highest BCUT2D eigenvalue weighted by molar-refractivity contribution is 7.89. The Balaban J connectivity index is 1.40. The zero-order valence-electron chi connectivity index (χ0n) is 18.6. The van der Waals surface area contributed by atoms with E-state index in [1.807, 2.05) is 42.5 Å². The molecule has 9 nitrogen and oxygen atoms in total. The number of primary sulfonamides is 1. The van der Waals surface area contributed by atoms with Crippen LogP contribution < -0.4 is 21.5 Å². The number of nitrogens with zero attached hydrogens (tertiary/aromatic N) is 2. The summed E-state index contributed by atoms with van der Waals surface area (Å²) in [5.74, 6) is 0.0821. The standard InChI is InChI=1S/C25H24N6O3S/c26-22(16-17-4-2-1-3-5-17)24(32)29-19-8-6-18(7-9-19)23-14-15-28-25(31-23)30-20-10-12-21(13-11-20)35(27,33)34/h1-15,22H,16,26H2,(H,29,32)(H2,27,33,34)(H,28,30,31). The van der Waals surface area contributed by atoms with Crippen LogP contribution in [0.15, 0.2) is 96.0 Å². The van der Waals surface area contributed by atoms with Gasteiger partial charge in [0.1, 0.15) is 0 Å². The number of rotatable bonds is 8. The smallest absolute Gasteiger partial charge is 0.241 e. The minimum atomic E-state index is -3.76. The lowest BCUT2D eigenvalue weighted by molar-refractivity contribution is -0.117. The fourth-order valence-electron chi connectivity index (χ4n) is 3.36. The largest absolute Gasteiger partial charge is 0.325 e. The van der Waals surface area contributed by atoms with Crippen LogP contribution in [-0.2, 0) is 21.2 Å². The van der Waals surface area contributed by atoms with Crippen LogP contribution in [0.3, 0.4) is 0 Å². The highest BCUT2D eigenvalue weighted by Gasteiger charge is 2.14. The molecule has 0 fully saturated rings. The molecule has 1 heterocycles. The molecule has 3 aromatic carbocycles. The van der Waals surface area contributed by atoms with Crippen molar-refractivity contribution >= 4 is 33.3 Å². The molecule has 0 radical (unpaired) electrons. The van der Waals surface area contributed by atoms with Crippen molar-refractivity contribution in [1.29, 1.82) is 0 Å². The lowest BCUT2D eigenvalue weighted by atomic mass is 10.1. The van der Waals surface area contributed by atoms with E-state index in [1.165, 1.54) is 12.1 Å². The molecule has 35 heavy (non-hydrogen) atoms. The number of carbonyl (C=O) groups is 1. The lowest BCUT2D eigenvalue weighted by Crippen LogP contribution is -2.37. The summed E-state index contributed by atoms with van der Waals surface area (Å²) in [6.45, 7) is 0. The van der Waals surface area contributed by atoms with E-state index in [-0.39, 0.29) is 10.8 Å². The molecular formula is C25H24N6O3S. The summed E-state index contributed by atoms with van der Waals surface area (Å²) in [5, 5.41) is 11.0. The van der Waals surface area contributed by atoms with Gasteiger partial charge in [-0.25, -0.2) is 23.5 Å². The predicted octanol–water partition coefficient (Wildman–Crippen LogP) is 3.04. The Bertz CT molecular complexity index is 1410. The van der Waals surface area contributed by atoms with Gasteiger partial charge in [-0.05, 0) is 54.4 Å². The summed E-state index contributed by atoms with van der Waals surface area (Å²) >= 11 is 0. The first kappa shape index (κ1) is 24.0. The number of hydrogen-bond donors (Lipinski definition) is 4. The third-order valence-electron chi connectivity index (χ3n) is 5.18. The average molecular weight is 489 g/mol. The second-order valence-corrected chi connectivity index (χ2v) is 9.38. The zero-order chi connectivity index (χ0) is 24.8. The molecule has 0 saturated carbocycles. The van der Waals surface area contributed by atoms with Crippen molar-refractivity contribution in [3.8, 4) is 11.3 Å². The van der Waals surface area contributed by atoms with Crippen molar-refractivity contribution in [2.45, 2.75) is 17.4 Å². The molecule has 6 N–H and O–H groups in total. The van der Waals surface area contributed by atoms with Gasteiger partial charge in [-0.3, -0.25) is 4.79 Å². The molecule has 10 heteroatoms. The van der Waals surface area contributed by atoms with Crippen molar-refractivity contribution in [1.82, 2.24) is 9.97 Å². The van der Waals surface area contributed by atoms with Crippen molar-refractivity contribution < 1.29 is 13.2 Å². The number of anilines is 3. The normalized spacial score (nSPS) is 12.1. The SMILES string of the molecule is NC(Cc1ccccc1)C(=O)Nc1ccc(-c2ccnc(Nc3ccc(S(N)(=O)=O)cc3)n2)cc1. The first-order valence-corrected chi connectivity index (χ1v) is 12.3. The third-order valence-corrected chi connectivity index (χ3v) is 6.11. The summed E-state index contributed by atoms with van der Waals surface area (Å²) in [6.07, 6.45) is 2.06. The number of nitrogens with two attached hydrogens (primary N) is 2. The van der Waals surface area contributed by atoms with Crippen LogP contribution in [0.2, 0.25) is 0 Å². The van der Waals surface area contributed by atoms with Crippen LogP contribution in [0.4, 0.5) is 17.3 Å². The van der Waals surface area contributed by atoms with Crippen LogP contribution >= 0.6 is 0 Å². The van der Waals surface area contributed by atoms with Gasteiger partial charge in [-0.2, -0.15) is 0 Å². The van der Waals surface area contributed by atoms with Crippen LogP contribution in [0.5, 0.6) is 0 Å². The number of hydrogen-bond acceptors (Lipinski definition) is 7. The van der Waals surface area contributed by atoms with Crippen LogP contribution in [0, 0.1) is 0 Å². The maximum atomic E-state index is 12.5. The Morgan fingerprint density at radius 2 is 1.54 bits per heavy atom. The Morgan fingerprint density at radius 3 is 2.20 bits per heavy atom. The van der Waals surface area contributed by atoms with Gasteiger partial charge in [0.05, 0.1) is 16.6 Å². The van der Waals surface area contributed by atoms with Gasteiger partial charge in [0.25, 0.3) is 0 Å². The van der Waals surface area contributed by atoms with Gasteiger partial charge in [-0.15, -0.1) is 0 Å². The molecule has 0 aliphatic rings. The highest BCUT2D eigenvalue weighted by Crippen LogP contribution is 2.22. The van der Waals surface area contributed by atoms with E-state index in [9.17, 15) is 13.2 Å². The molecule has 0 aliphatic carbocycles. The number of aromatic nitrogens is 2. The molecule has 0 bridgehead atoms. The van der Waals surface area contributed by atoms with Crippen molar-refractivity contribution in [2.24, 2.45) is 10.9 Å². The monoisotopic (exact) mass is 488 g/mol. The fourth-order valence-corrected chi connectivity index (χ4v) is 3.87. The summed E-state index contributed by atoms with van der Waals surface area (Å²) in [6, 6.07) is 23.9. The van der Waals surface area contributed by atoms with Gasteiger partial charge in [-0.1, -0.05) is 42.5 Å². The molecule has 0 aliphatic heterocycles. The third kappa shape index (κ3) is 6.48. The first-order valence-electron chi connectivity index (χ1n) is 10.7. The average Bonchev–Trinajstić information content (AvgIpc) is 2.85. The number of sulfonamides is 1. The van der Waals surface area contributed by atoms with Gasteiger partial charge < -0.3 is 16.4 Å². The number of amides is 1. The second-order valence-electron chi connectivity index (χ2n) is 7.82. The van der Waals surface area contributed by atoms with Gasteiger partial charge in [0, 0.05) is 23.1 Å². The van der Waals surface area contributed by atoms with Crippen molar-refractivity contribution in [2.75, 3.05) is 10.6 Å². The van der Waals surface area contributed by atoms with E-state index in [4.69, 9.17) is 10.9 Å². The van der Waals surface area contributed by atoms with Crippen LogP contribution in [0.25, 0.3) is 11.3 Å². The van der Waals surface area contributed by atoms with E-state index in [1.54, 1.807) is 36.5 Å². The van der Waals surface area contributed by atoms with Gasteiger partial charge in [0.15, 0.2) is 0 Å². The second kappa shape index (κ2) is 10.4. The zero-order valence-corrected chi connectivity index (χ0v) is 19.4. The topological polar surface area (TPSA) is 153 Å². The van der Waals surface area contributed by atoms with E-state index < -0.39 is 16.1 Å². The molecule has 1 aromatic heterocycles. The number of benzene rings is 3. The first-order chi connectivity index (χ1) is 16.8. The summed E-state index contributed by atoms with van der Waals surface area (Å²) in [7, 11) is -3.76. The predicted molar refractivity (Wildman–Crippen MR) is 135 cm³/mol. The maximum Gasteiger partial charge on any atom is 0.241 e. The molecule has 0 spiro atoms. The minimum absolute atomic E-state index is 0.0194. The van der Waals surface area contributed by atoms with Crippen LogP contribution in [0.1, 0.15) is 5.56 Å². The summed E-state index contributed by atoms with van der Waals surface area (Å²) in [5.41, 5.74) is 9.79. The Morgan fingerprint density at radius 1 is 0.886 bits per heavy atom. The molecular weight excluding hydrogens is 464 g/mol. The minimum Gasteiger partial charge on any atom is -0.325 e. The molecule has 178 valence electrons. The molecule has 0 saturated heterocycles. The van der Waals surface area contributed by atoms with Crippen molar-refractivity contribution in [3.05, 3.63) is 96.7 Å². The van der Waals surface area contributed by atoms with Crippen LogP contribution in [-0.4, -0.2) is 30.3 Å². The Kier molecular flexibility index (Phi) is 7.16. The lowest BCUT2D eigenvalue weighted by Gasteiger charge is -2.13.